The Morgan fingerprint density at radius 2 is 1.89 bits per heavy atom. The summed E-state index contributed by atoms with van der Waals surface area (Å²) in [4.78, 5) is 29.9. The average Bonchev–Trinajstić information content (AvgIpc) is 3.08. The Morgan fingerprint density at radius 3 is 2.54 bits per heavy atom. The lowest BCUT2D eigenvalue weighted by molar-refractivity contribution is -0.147. The maximum absolute atomic E-state index is 13.4. The predicted octanol–water partition coefficient (Wildman–Crippen LogP) is 3.09. The van der Waals surface area contributed by atoms with Crippen LogP contribution in [-0.2, 0) is 16.1 Å². The molecule has 3 rings (SSSR count). The van der Waals surface area contributed by atoms with E-state index >= 15 is 0 Å². The van der Waals surface area contributed by atoms with E-state index in [4.69, 9.17) is 9.47 Å². The van der Waals surface area contributed by atoms with Gasteiger partial charge in [-0.1, -0.05) is 32.9 Å². The monoisotopic (exact) mass is 388 g/mol. The summed E-state index contributed by atoms with van der Waals surface area (Å²) < 4.78 is 10.9. The molecular formula is C22H32N2O4. The second-order valence-electron chi connectivity index (χ2n) is 8.99. The van der Waals surface area contributed by atoms with Crippen molar-refractivity contribution in [3.63, 3.8) is 0 Å². The molecule has 2 heterocycles. The predicted molar refractivity (Wildman–Crippen MR) is 107 cm³/mol. The molecule has 2 aliphatic heterocycles. The van der Waals surface area contributed by atoms with E-state index in [1.54, 1.807) is 14.2 Å². The fourth-order valence-electron chi connectivity index (χ4n) is 4.49. The third-order valence-electron chi connectivity index (χ3n) is 5.95. The number of hydrogen-bond acceptors (Lipinski definition) is 4. The molecule has 1 aromatic carbocycles. The van der Waals surface area contributed by atoms with Crippen LogP contribution < -0.4 is 9.47 Å². The number of nitrogens with zero attached hydrogens (tertiary/aromatic N) is 2. The summed E-state index contributed by atoms with van der Waals surface area (Å²) in [6, 6.07) is 5.75. The molecule has 0 aromatic heterocycles. The van der Waals surface area contributed by atoms with Crippen LogP contribution in [0.3, 0.4) is 0 Å². The number of likely N-dealkylation sites (tertiary alicyclic amines) is 2. The summed E-state index contributed by atoms with van der Waals surface area (Å²) in [5.41, 5.74) is 0.0789. The van der Waals surface area contributed by atoms with Gasteiger partial charge in [0.1, 0.15) is 0 Å². The first kappa shape index (κ1) is 20.5. The molecule has 154 valence electrons. The Balaban J connectivity index is 1.78. The van der Waals surface area contributed by atoms with Crippen LogP contribution in [0.1, 0.15) is 45.6 Å². The van der Waals surface area contributed by atoms with Crippen LogP contribution in [-0.4, -0.2) is 55.5 Å². The minimum atomic E-state index is -0.439. The highest BCUT2D eigenvalue weighted by Gasteiger charge is 2.50. The quantitative estimate of drug-likeness (QED) is 0.795. The Hall–Kier alpha value is -2.24. The van der Waals surface area contributed by atoms with Crippen LogP contribution in [0.4, 0.5) is 0 Å². The summed E-state index contributed by atoms with van der Waals surface area (Å²) in [6.45, 7) is 8.23. The number of benzene rings is 1. The molecule has 0 bridgehead atoms. The normalized spacial score (nSPS) is 22.7. The fraction of sp³-hybridized carbons (Fsp3) is 0.636. The van der Waals surface area contributed by atoms with E-state index < -0.39 is 10.8 Å². The van der Waals surface area contributed by atoms with Gasteiger partial charge in [0.25, 0.3) is 0 Å². The van der Waals surface area contributed by atoms with Crippen LogP contribution in [0.15, 0.2) is 18.2 Å². The molecule has 6 heteroatoms. The van der Waals surface area contributed by atoms with E-state index in [9.17, 15) is 9.59 Å². The number of carbonyl (C=O) groups excluding carboxylic acids is 2. The summed E-state index contributed by atoms with van der Waals surface area (Å²) >= 11 is 0. The van der Waals surface area contributed by atoms with Gasteiger partial charge in [0, 0.05) is 37.2 Å². The standard InChI is InChI=1S/C22H32N2O4/c1-21(2,3)19(25)24-13-11-22(15-24)10-7-12-23(20(22)26)14-16-8-6-9-17(27-4)18(16)28-5/h6,8-9H,7,10-15H2,1-5H3/t22-/m0/s1. The van der Waals surface area contributed by atoms with Crippen molar-refractivity contribution in [3.8, 4) is 11.5 Å². The zero-order chi connectivity index (χ0) is 20.5. The molecule has 0 radical (unpaired) electrons. The highest BCUT2D eigenvalue weighted by Crippen LogP contribution is 2.42. The van der Waals surface area contributed by atoms with Gasteiger partial charge >= 0.3 is 0 Å². The first-order valence-electron chi connectivity index (χ1n) is 10.0. The van der Waals surface area contributed by atoms with Gasteiger partial charge in [-0.2, -0.15) is 0 Å². The van der Waals surface area contributed by atoms with Gasteiger partial charge in [-0.3, -0.25) is 9.59 Å². The molecule has 0 N–H and O–H groups in total. The summed E-state index contributed by atoms with van der Waals surface area (Å²) in [5, 5.41) is 0. The van der Waals surface area contributed by atoms with Crippen molar-refractivity contribution in [2.24, 2.45) is 10.8 Å². The number of rotatable bonds is 4. The molecule has 0 aliphatic carbocycles. The molecule has 1 atom stereocenters. The van der Waals surface area contributed by atoms with Gasteiger partial charge in [0.2, 0.25) is 11.8 Å². The van der Waals surface area contributed by atoms with E-state index in [0.29, 0.717) is 31.1 Å². The number of piperidine rings is 1. The average molecular weight is 389 g/mol. The van der Waals surface area contributed by atoms with Crippen LogP contribution in [0.25, 0.3) is 0 Å². The van der Waals surface area contributed by atoms with E-state index in [2.05, 4.69) is 0 Å². The van der Waals surface area contributed by atoms with Crippen LogP contribution >= 0.6 is 0 Å². The minimum Gasteiger partial charge on any atom is -0.493 e. The maximum atomic E-state index is 13.4. The number of methoxy groups -OCH3 is 2. The highest BCUT2D eigenvalue weighted by atomic mass is 16.5. The fourth-order valence-corrected chi connectivity index (χ4v) is 4.49. The van der Waals surface area contributed by atoms with Crippen molar-refractivity contribution in [2.75, 3.05) is 33.9 Å². The number of para-hydroxylation sites is 1. The van der Waals surface area contributed by atoms with Crippen molar-refractivity contribution in [1.29, 1.82) is 0 Å². The Labute approximate surface area is 167 Å². The molecule has 0 saturated carbocycles. The number of carbonyl (C=O) groups is 2. The highest BCUT2D eigenvalue weighted by molar-refractivity contribution is 5.87. The van der Waals surface area contributed by atoms with E-state index in [-0.39, 0.29) is 11.8 Å². The van der Waals surface area contributed by atoms with Gasteiger partial charge in [0.05, 0.1) is 19.6 Å². The van der Waals surface area contributed by atoms with Gasteiger partial charge in [-0.15, -0.1) is 0 Å². The van der Waals surface area contributed by atoms with Crippen LogP contribution in [0, 0.1) is 10.8 Å². The van der Waals surface area contributed by atoms with Crippen molar-refractivity contribution >= 4 is 11.8 Å². The van der Waals surface area contributed by atoms with Gasteiger partial charge in [0.15, 0.2) is 11.5 Å². The lowest BCUT2D eigenvalue weighted by Crippen LogP contribution is -2.50. The molecule has 2 amide bonds. The zero-order valence-corrected chi connectivity index (χ0v) is 17.7. The molecule has 2 aliphatic rings. The molecule has 28 heavy (non-hydrogen) atoms. The number of amides is 2. The summed E-state index contributed by atoms with van der Waals surface area (Å²) in [7, 11) is 3.23. The first-order valence-corrected chi connectivity index (χ1v) is 10.0. The van der Waals surface area contributed by atoms with Crippen LogP contribution in [0.5, 0.6) is 11.5 Å². The third kappa shape index (κ3) is 3.69. The van der Waals surface area contributed by atoms with Crippen molar-refractivity contribution in [2.45, 2.75) is 46.6 Å². The smallest absolute Gasteiger partial charge is 0.230 e. The van der Waals surface area contributed by atoms with Crippen molar-refractivity contribution < 1.29 is 19.1 Å². The molecule has 0 unspecified atom stereocenters. The summed E-state index contributed by atoms with van der Waals surface area (Å²) in [6.07, 6.45) is 2.56. The van der Waals surface area contributed by atoms with Crippen molar-refractivity contribution in [3.05, 3.63) is 23.8 Å². The lowest BCUT2D eigenvalue weighted by atomic mass is 9.78. The molecular weight excluding hydrogens is 356 g/mol. The first-order chi connectivity index (χ1) is 13.2. The molecule has 1 aromatic rings. The lowest BCUT2D eigenvalue weighted by Gasteiger charge is -2.39. The number of hydrogen-bond donors (Lipinski definition) is 0. The summed E-state index contributed by atoms with van der Waals surface area (Å²) in [5.74, 6) is 1.63. The van der Waals surface area contributed by atoms with Crippen molar-refractivity contribution in [1.82, 2.24) is 9.80 Å². The molecule has 2 fully saturated rings. The SMILES string of the molecule is COc1cccc(CN2CCC[C@@]3(CCN(C(=O)C(C)(C)C)C3)C2=O)c1OC. The van der Waals surface area contributed by atoms with Crippen LogP contribution in [0.2, 0.25) is 0 Å². The Kier molecular flexibility index (Phi) is 5.60. The molecule has 2 saturated heterocycles. The van der Waals surface area contributed by atoms with E-state index in [0.717, 1.165) is 31.4 Å². The van der Waals surface area contributed by atoms with Gasteiger partial charge < -0.3 is 19.3 Å². The van der Waals surface area contributed by atoms with E-state index in [1.165, 1.54) is 0 Å². The molecule has 6 nitrogen and oxygen atoms in total. The second-order valence-corrected chi connectivity index (χ2v) is 8.99. The zero-order valence-electron chi connectivity index (χ0n) is 17.7. The second kappa shape index (κ2) is 7.64. The molecule has 1 spiro atoms. The largest absolute Gasteiger partial charge is 0.493 e. The topological polar surface area (TPSA) is 59.1 Å². The minimum absolute atomic E-state index is 0.128. The van der Waals surface area contributed by atoms with E-state index in [1.807, 2.05) is 48.8 Å². The third-order valence-corrected chi connectivity index (χ3v) is 5.95. The Morgan fingerprint density at radius 1 is 1.14 bits per heavy atom. The Bertz CT molecular complexity index is 755. The van der Waals surface area contributed by atoms with Gasteiger partial charge in [-0.25, -0.2) is 0 Å². The number of ether oxygens (including phenoxy) is 2. The maximum Gasteiger partial charge on any atom is 0.230 e. The van der Waals surface area contributed by atoms with Gasteiger partial charge in [-0.05, 0) is 25.3 Å².